The number of hydrogen-bond acceptors (Lipinski definition) is 5. The largest absolute Gasteiger partial charge is 0.384 e. The van der Waals surface area contributed by atoms with Crippen molar-refractivity contribution >= 4 is 15.8 Å². The molecule has 0 aliphatic carbocycles. The van der Waals surface area contributed by atoms with E-state index in [1.807, 2.05) is 6.92 Å². The molecule has 0 saturated carbocycles. The topological polar surface area (TPSA) is 108 Å². The predicted molar refractivity (Wildman–Crippen MR) is 69.5 cm³/mol. The molecule has 0 fully saturated rings. The molecule has 9 heteroatoms. The molecule has 2 rings (SSSR count). The van der Waals surface area contributed by atoms with Gasteiger partial charge in [0.2, 0.25) is 0 Å². The molecular weight excluding hydrogens is 268 g/mol. The normalized spacial score (nSPS) is 11.9. The van der Waals surface area contributed by atoms with Crippen LogP contribution in [0.2, 0.25) is 0 Å². The Morgan fingerprint density at radius 2 is 2.21 bits per heavy atom. The summed E-state index contributed by atoms with van der Waals surface area (Å²) in [6, 6.07) is 0. The maximum Gasteiger partial charge on any atom is 0.259 e. The summed E-state index contributed by atoms with van der Waals surface area (Å²) in [5, 5.41) is 3.94. The van der Waals surface area contributed by atoms with Gasteiger partial charge in [-0.2, -0.15) is 5.10 Å². The molecule has 3 N–H and O–H groups in total. The maximum absolute atomic E-state index is 12.0. The summed E-state index contributed by atoms with van der Waals surface area (Å²) < 4.78 is 29.6. The molecule has 2 aromatic heterocycles. The average molecular weight is 284 g/mol. The summed E-state index contributed by atoms with van der Waals surface area (Å²) in [7, 11) is -1.94. The molecule has 2 aromatic rings. The number of aromatic nitrogens is 4. The van der Waals surface area contributed by atoms with Gasteiger partial charge in [0.05, 0.1) is 12.5 Å². The van der Waals surface area contributed by atoms with Gasteiger partial charge in [0, 0.05) is 31.9 Å². The second-order valence-electron chi connectivity index (χ2n) is 4.05. The van der Waals surface area contributed by atoms with Crippen LogP contribution in [-0.4, -0.2) is 27.7 Å². The Bertz CT molecular complexity index is 672. The zero-order valence-electron chi connectivity index (χ0n) is 10.7. The molecule has 0 aliphatic heterocycles. The van der Waals surface area contributed by atoms with Crippen LogP contribution in [0.5, 0.6) is 0 Å². The zero-order valence-corrected chi connectivity index (χ0v) is 11.6. The first kappa shape index (κ1) is 13.6. The van der Waals surface area contributed by atoms with E-state index in [2.05, 4.69) is 14.8 Å². The van der Waals surface area contributed by atoms with Gasteiger partial charge in [0.25, 0.3) is 10.0 Å². The van der Waals surface area contributed by atoms with Crippen LogP contribution in [-0.2, 0) is 30.2 Å². The van der Waals surface area contributed by atoms with Gasteiger partial charge in [-0.1, -0.05) is 0 Å². The highest BCUT2D eigenvalue weighted by Crippen LogP contribution is 2.11. The Hall–Kier alpha value is -1.87. The van der Waals surface area contributed by atoms with Gasteiger partial charge in [-0.25, -0.2) is 18.1 Å². The molecule has 0 spiro atoms. The first-order valence-electron chi connectivity index (χ1n) is 5.72. The van der Waals surface area contributed by atoms with Crippen LogP contribution < -0.4 is 10.5 Å². The first-order chi connectivity index (χ1) is 8.94. The van der Waals surface area contributed by atoms with E-state index < -0.39 is 10.0 Å². The fourth-order valence-corrected chi connectivity index (χ4v) is 2.48. The molecule has 0 aromatic carbocycles. The number of anilines is 1. The third kappa shape index (κ3) is 2.76. The number of rotatable bonds is 5. The van der Waals surface area contributed by atoms with Crippen molar-refractivity contribution in [2.45, 2.75) is 25.0 Å². The van der Waals surface area contributed by atoms with Crippen molar-refractivity contribution in [2.75, 3.05) is 5.73 Å². The van der Waals surface area contributed by atoms with Crippen LogP contribution in [0.15, 0.2) is 23.7 Å². The molecule has 19 heavy (non-hydrogen) atoms. The summed E-state index contributed by atoms with van der Waals surface area (Å²) in [5.74, 6) is 0.432. The van der Waals surface area contributed by atoms with E-state index in [9.17, 15) is 8.42 Å². The molecule has 0 bridgehead atoms. The number of aryl methyl sites for hydroxylation is 2. The van der Waals surface area contributed by atoms with Gasteiger partial charge < -0.3 is 10.3 Å². The van der Waals surface area contributed by atoms with Crippen LogP contribution >= 0.6 is 0 Å². The minimum Gasteiger partial charge on any atom is -0.384 e. The lowest BCUT2D eigenvalue weighted by Gasteiger charge is -2.03. The second-order valence-corrected chi connectivity index (χ2v) is 5.76. The van der Waals surface area contributed by atoms with Crippen molar-refractivity contribution in [2.24, 2.45) is 7.05 Å². The number of sulfonamides is 1. The molecule has 104 valence electrons. The molecular formula is C10H16N6O2S. The Labute approximate surface area is 111 Å². The molecule has 0 saturated heterocycles. The van der Waals surface area contributed by atoms with Gasteiger partial charge in [0.1, 0.15) is 5.82 Å². The SMILES string of the molecule is CCn1cnc(S(=O)(=O)NCc2cnn(C)c2N)c1. The third-order valence-corrected chi connectivity index (χ3v) is 4.05. The minimum absolute atomic E-state index is 0.00295. The van der Waals surface area contributed by atoms with E-state index in [4.69, 9.17) is 5.73 Å². The number of nitrogens with one attached hydrogen (secondary N) is 1. The van der Waals surface area contributed by atoms with Crippen LogP contribution in [0.25, 0.3) is 0 Å². The van der Waals surface area contributed by atoms with E-state index in [1.54, 1.807) is 11.6 Å². The van der Waals surface area contributed by atoms with Gasteiger partial charge >= 0.3 is 0 Å². The second kappa shape index (κ2) is 5.02. The van der Waals surface area contributed by atoms with Gasteiger partial charge in [-0.05, 0) is 6.92 Å². The highest BCUT2D eigenvalue weighted by Gasteiger charge is 2.18. The van der Waals surface area contributed by atoms with Gasteiger partial charge in [-0.3, -0.25) is 4.68 Å². The van der Waals surface area contributed by atoms with Crippen molar-refractivity contribution in [3.63, 3.8) is 0 Å². The molecule has 0 aliphatic rings. The fourth-order valence-electron chi connectivity index (χ4n) is 1.53. The number of hydrogen-bond donors (Lipinski definition) is 2. The molecule has 8 nitrogen and oxygen atoms in total. The fraction of sp³-hybridized carbons (Fsp3) is 0.400. The van der Waals surface area contributed by atoms with Crippen LogP contribution in [0.3, 0.4) is 0 Å². The van der Waals surface area contributed by atoms with E-state index in [-0.39, 0.29) is 11.6 Å². The van der Waals surface area contributed by atoms with E-state index >= 15 is 0 Å². The maximum atomic E-state index is 12.0. The monoisotopic (exact) mass is 284 g/mol. The van der Waals surface area contributed by atoms with Crippen molar-refractivity contribution in [3.8, 4) is 0 Å². The van der Waals surface area contributed by atoms with Crippen molar-refractivity contribution in [3.05, 3.63) is 24.3 Å². The number of imidazole rings is 1. The molecule has 0 amide bonds. The molecule has 0 unspecified atom stereocenters. The molecule has 0 radical (unpaired) electrons. The smallest absolute Gasteiger partial charge is 0.259 e. The predicted octanol–water partition coefficient (Wildman–Crippen LogP) is -0.303. The number of nitrogens with zero attached hydrogens (tertiary/aromatic N) is 4. The van der Waals surface area contributed by atoms with Crippen molar-refractivity contribution < 1.29 is 8.42 Å². The highest BCUT2D eigenvalue weighted by molar-refractivity contribution is 7.89. The third-order valence-electron chi connectivity index (χ3n) is 2.77. The number of nitrogen functional groups attached to an aromatic ring is 1. The Balaban J connectivity index is 2.11. The Morgan fingerprint density at radius 1 is 1.47 bits per heavy atom. The summed E-state index contributed by atoms with van der Waals surface area (Å²) in [4.78, 5) is 3.86. The first-order valence-corrected chi connectivity index (χ1v) is 7.20. The molecule has 0 atom stereocenters. The summed E-state index contributed by atoms with van der Waals surface area (Å²) >= 11 is 0. The average Bonchev–Trinajstić information content (AvgIpc) is 2.97. The van der Waals surface area contributed by atoms with Gasteiger partial charge in [0.15, 0.2) is 5.03 Å². The summed E-state index contributed by atoms with van der Waals surface area (Å²) in [5.41, 5.74) is 6.37. The van der Waals surface area contributed by atoms with Crippen molar-refractivity contribution in [1.82, 2.24) is 24.1 Å². The molecule has 2 heterocycles. The van der Waals surface area contributed by atoms with E-state index in [1.165, 1.54) is 23.4 Å². The van der Waals surface area contributed by atoms with Crippen LogP contribution in [0, 0.1) is 0 Å². The van der Waals surface area contributed by atoms with Gasteiger partial charge in [-0.15, -0.1) is 0 Å². The lowest BCUT2D eigenvalue weighted by atomic mass is 10.3. The summed E-state index contributed by atoms with van der Waals surface area (Å²) in [6.07, 6.45) is 4.49. The van der Waals surface area contributed by atoms with E-state index in [0.29, 0.717) is 17.9 Å². The standard InChI is InChI=1S/C10H16N6O2S/c1-3-16-6-9(12-7-16)19(17,18)14-5-8-4-13-15(2)10(8)11/h4,6-7,14H,3,5,11H2,1-2H3. The summed E-state index contributed by atoms with van der Waals surface area (Å²) in [6.45, 7) is 2.65. The van der Waals surface area contributed by atoms with Crippen LogP contribution in [0.1, 0.15) is 12.5 Å². The lowest BCUT2D eigenvalue weighted by Crippen LogP contribution is -2.24. The van der Waals surface area contributed by atoms with Crippen LogP contribution in [0.4, 0.5) is 5.82 Å². The number of nitrogens with two attached hydrogens (primary N) is 1. The Morgan fingerprint density at radius 3 is 2.74 bits per heavy atom. The van der Waals surface area contributed by atoms with Crippen molar-refractivity contribution in [1.29, 1.82) is 0 Å². The highest BCUT2D eigenvalue weighted by atomic mass is 32.2. The quantitative estimate of drug-likeness (QED) is 0.783. The Kier molecular flexibility index (Phi) is 3.58. The minimum atomic E-state index is -3.63. The zero-order chi connectivity index (χ0) is 14.0. The van der Waals surface area contributed by atoms with E-state index in [0.717, 1.165) is 0 Å². The lowest BCUT2D eigenvalue weighted by molar-refractivity contribution is 0.578.